The Balaban J connectivity index is 1.50. The van der Waals surface area contributed by atoms with Crippen molar-refractivity contribution < 1.29 is 14.4 Å². The van der Waals surface area contributed by atoms with Gasteiger partial charge in [0.15, 0.2) is 17.3 Å². The van der Waals surface area contributed by atoms with E-state index in [4.69, 9.17) is 0 Å². The van der Waals surface area contributed by atoms with Gasteiger partial charge < -0.3 is 4.57 Å². The number of hydrogen-bond donors (Lipinski definition) is 0. The molecule has 1 aromatic carbocycles. The van der Waals surface area contributed by atoms with E-state index in [1.807, 2.05) is 18.2 Å². The van der Waals surface area contributed by atoms with Crippen LogP contribution in [0.15, 0.2) is 48.8 Å². The van der Waals surface area contributed by atoms with Crippen molar-refractivity contribution in [1.82, 2.24) is 9.55 Å². The minimum absolute atomic E-state index is 0.0347. The molecule has 0 aliphatic carbocycles. The van der Waals surface area contributed by atoms with Gasteiger partial charge in [-0.05, 0) is 31.0 Å². The molecule has 0 N–H and O–H groups in total. The molecule has 136 valence electrons. The Morgan fingerprint density at radius 2 is 2.00 bits per heavy atom. The molecule has 1 unspecified atom stereocenters. The summed E-state index contributed by atoms with van der Waals surface area (Å²) in [5, 5.41) is 0.760. The number of nitrogens with zero attached hydrogens (tertiary/aromatic N) is 2. The predicted octanol–water partition coefficient (Wildman–Crippen LogP) is 4.14. The molecule has 0 amide bonds. The second-order valence-corrected chi connectivity index (χ2v) is 7.79. The topological polar surface area (TPSA) is 69.0 Å². The molecule has 5 nitrogen and oxygen atoms in total. The standard InChI is InChI=1S/C21H18N2O3S/c1-13(24)14-4-6-15(7-5-14)20-12-22-21(27-20)11-19(26)17-8-9-18(25)16-3-2-10-23(16)17/h2-7,10,12,17H,8-9,11H2,1H3. The van der Waals surface area contributed by atoms with E-state index in [0.717, 1.165) is 15.4 Å². The van der Waals surface area contributed by atoms with Gasteiger partial charge in [0, 0.05) is 24.4 Å². The first-order valence-corrected chi connectivity index (χ1v) is 9.63. The second kappa shape index (κ2) is 7.04. The van der Waals surface area contributed by atoms with Crippen molar-refractivity contribution in [1.29, 1.82) is 0 Å². The van der Waals surface area contributed by atoms with Crippen LogP contribution in [0.1, 0.15) is 51.7 Å². The summed E-state index contributed by atoms with van der Waals surface area (Å²) in [5.41, 5.74) is 2.27. The smallest absolute Gasteiger partial charge is 0.179 e. The Bertz CT molecular complexity index is 1030. The number of hydrogen-bond acceptors (Lipinski definition) is 5. The SMILES string of the molecule is CC(=O)c1ccc(-c2cnc(CC(=O)C3CCC(=O)c4cccn43)s2)cc1. The fourth-order valence-corrected chi connectivity index (χ4v) is 4.35. The molecule has 1 atom stereocenters. The van der Waals surface area contributed by atoms with Gasteiger partial charge in [0.25, 0.3) is 0 Å². The van der Waals surface area contributed by atoms with Crippen LogP contribution in [0, 0.1) is 0 Å². The van der Waals surface area contributed by atoms with Gasteiger partial charge in [-0.2, -0.15) is 0 Å². The van der Waals surface area contributed by atoms with Gasteiger partial charge >= 0.3 is 0 Å². The summed E-state index contributed by atoms with van der Waals surface area (Å²) in [4.78, 5) is 41.5. The van der Waals surface area contributed by atoms with E-state index in [2.05, 4.69) is 4.98 Å². The van der Waals surface area contributed by atoms with Gasteiger partial charge in [0.05, 0.1) is 23.0 Å². The van der Waals surface area contributed by atoms with Crippen LogP contribution in [0.2, 0.25) is 0 Å². The van der Waals surface area contributed by atoms with Crippen molar-refractivity contribution in [3.05, 3.63) is 65.1 Å². The van der Waals surface area contributed by atoms with Crippen LogP contribution in [0.5, 0.6) is 0 Å². The first-order valence-electron chi connectivity index (χ1n) is 8.82. The lowest BCUT2D eigenvalue weighted by Gasteiger charge is -2.24. The number of Topliss-reactive ketones (excluding diaryl/α,β-unsaturated/α-hetero) is 3. The number of fused-ring (bicyclic) bond motifs is 1. The van der Waals surface area contributed by atoms with E-state index in [9.17, 15) is 14.4 Å². The van der Waals surface area contributed by atoms with Crippen LogP contribution in [-0.4, -0.2) is 26.9 Å². The van der Waals surface area contributed by atoms with E-state index >= 15 is 0 Å². The summed E-state index contributed by atoms with van der Waals surface area (Å²) in [6, 6.07) is 10.7. The van der Waals surface area contributed by atoms with Gasteiger partial charge in [-0.25, -0.2) is 4.98 Å². The Hall–Kier alpha value is -2.86. The summed E-state index contributed by atoms with van der Waals surface area (Å²) in [7, 11) is 0. The van der Waals surface area contributed by atoms with Crippen molar-refractivity contribution in [2.45, 2.75) is 32.2 Å². The fourth-order valence-electron chi connectivity index (χ4n) is 3.41. The fraction of sp³-hybridized carbons (Fsp3) is 0.238. The van der Waals surface area contributed by atoms with E-state index in [1.165, 1.54) is 11.3 Å². The maximum atomic E-state index is 12.8. The highest BCUT2D eigenvalue weighted by Crippen LogP contribution is 2.30. The second-order valence-electron chi connectivity index (χ2n) is 6.67. The maximum Gasteiger partial charge on any atom is 0.179 e. The largest absolute Gasteiger partial charge is 0.335 e. The zero-order valence-electron chi connectivity index (χ0n) is 14.8. The molecule has 0 saturated carbocycles. The molecule has 0 fully saturated rings. The summed E-state index contributed by atoms with van der Waals surface area (Å²) in [6.45, 7) is 1.54. The van der Waals surface area contributed by atoms with E-state index in [0.29, 0.717) is 24.1 Å². The summed E-state index contributed by atoms with van der Waals surface area (Å²) >= 11 is 1.48. The first-order chi connectivity index (χ1) is 13.0. The van der Waals surface area contributed by atoms with Gasteiger partial charge in [-0.15, -0.1) is 11.3 Å². The average Bonchev–Trinajstić information content (AvgIpc) is 3.32. The third-order valence-corrected chi connectivity index (χ3v) is 5.92. The molecule has 6 heteroatoms. The lowest BCUT2D eigenvalue weighted by molar-refractivity contribution is -0.121. The minimum atomic E-state index is -0.296. The van der Waals surface area contributed by atoms with Crippen molar-refractivity contribution in [2.75, 3.05) is 0 Å². The molecule has 0 bridgehead atoms. The monoisotopic (exact) mass is 378 g/mol. The summed E-state index contributed by atoms with van der Waals surface area (Å²) < 4.78 is 1.79. The lowest BCUT2D eigenvalue weighted by Crippen LogP contribution is -2.28. The van der Waals surface area contributed by atoms with Gasteiger partial charge in [0.1, 0.15) is 5.01 Å². The molecule has 0 spiro atoms. The molecular formula is C21H18N2O3S. The summed E-state index contributed by atoms with van der Waals surface area (Å²) in [6.07, 6.45) is 4.78. The van der Waals surface area contributed by atoms with Crippen molar-refractivity contribution >= 4 is 28.7 Å². The van der Waals surface area contributed by atoms with Gasteiger partial charge in [-0.3, -0.25) is 14.4 Å². The number of benzene rings is 1. The first kappa shape index (κ1) is 17.5. The molecule has 1 aliphatic heterocycles. The minimum Gasteiger partial charge on any atom is -0.335 e. The molecule has 27 heavy (non-hydrogen) atoms. The van der Waals surface area contributed by atoms with Crippen molar-refractivity contribution in [3.8, 4) is 10.4 Å². The quantitative estimate of drug-likeness (QED) is 0.626. The highest BCUT2D eigenvalue weighted by molar-refractivity contribution is 7.15. The molecule has 2 aromatic heterocycles. The number of carbonyl (C=O) groups excluding carboxylic acids is 3. The van der Waals surface area contributed by atoms with E-state index < -0.39 is 0 Å². The van der Waals surface area contributed by atoms with Crippen molar-refractivity contribution in [2.24, 2.45) is 0 Å². The van der Waals surface area contributed by atoms with E-state index in [1.54, 1.807) is 42.1 Å². The van der Waals surface area contributed by atoms with Crippen molar-refractivity contribution in [3.63, 3.8) is 0 Å². The van der Waals surface area contributed by atoms with Crippen LogP contribution in [0.4, 0.5) is 0 Å². The average molecular weight is 378 g/mol. The van der Waals surface area contributed by atoms with Crippen LogP contribution in [0.3, 0.4) is 0 Å². The van der Waals surface area contributed by atoms with E-state index in [-0.39, 0.29) is 29.8 Å². The summed E-state index contributed by atoms with van der Waals surface area (Å²) in [5.74, 6) is 0.204. The normalized spacial score (nSPS) is 16.2. The molecule has 3 heterocycles. The molecule has 0 saturated heterocycles. The number of ketones is 3. The highest BCUT2D eigenvalue weighted by Gasteiger charge is 2.29. The van der Waals surface area contributed by atoms with Crippen LogP contribution in [-0.2, 0) is 11.2 Å². The Morgan fingerprint density at radius 1 is 1.22 bits per heavy atom. The van der Waals surface area contributed by atoms with Gasteiger partial charge in [-0.1, -0.05) is 24.3 Å². The van der Waals surface area contributed by atoms with Gasteiger partial charge in [0.2, 0.25) is 0 Å². The number of rotatable bonds is 5. The molecular weight excluding hydrogens is 360 g/mol. The van der Waals surface area contributed by atoms with Crippen LogP contribution >= 0.6 is 11.3 Å². The Kier molecular flexibility index (Phi) is 4.58. The predicted molar refractivity (Wildman–Crippen MR) is 103 cm³/mol. The Morgan fingerprint density at radius 3 is 2.74 bits per heavy atom. The third-order valence-electron chi connectivity index (χ3n) is 4.87. The molecule has 4 rings (SSSR count). The number of carbonyl (C=O) groups is 3. The zero-order valence-corrected chi connectivity index (χ0v) is 15.7. The maximum absolute atomic E-state index is 12.8. The number of aromatic nitrogens is 2. The zero-order chi connectivity index (χ0) is 19.0. The highest BCUT2D eigenvalue weighted by atomic mass is 32.1. The lowest BCUT2D eigenvalue weighted by atomic mass is 9.97. The molecule has 0 radical (unpaired) electrons. The van der Waals surface area contributed by atoms with Crippen LogP contribution in [0.25, 0.3) is 10.4 Å². The molecule has 3 aromatic rings. The Labute approximate surface area is 160 Å². The van der Waals surface area contributed by atoms with Crippen LogP contribution < -0.4 is 0 Å². The molecule has 1 aliphatic rings. The number of thiazole rings is 1. The third kappa shape index (κ3) is 3.40.